The van der Waals surface area contributed by atoms with Crippen LogP contribution in [0.4, 0.5) is 17.6 Å². The van der Waals surface area contributed by atoms with Crippen molar-refractivity contribution in [3.05, 3.63) is 35.4 Å². The van der Waals surface area contributed by atoms with Crippen molar-refractivity contribution in [3.8, 4) is 0 Å². The Bertz CT molecular complexity index is 293. The van der Waals surface area contributed by atoms with Crippen molar-refractivity contribution in [1.82, 2.24) is 5.32 Å². The van der Waals surface area contributed by atoms with Gasteiger partial charge in [0.15, 0.2) is 0 Å². The molecular weight excluding hydrogens is 198 g/mol. The predicted octanol–water partition coefficient (Wildman–Crippen LogP) is 2.49. The summed E-state index contributed by atoms with van der Waals surface area (Å²) in [7, 11) is 1.22. The molecule has 14 heavy (non-hydrogen) atoms. The SMILES string of the molecule is CNC(c1c(F)cccc1F)C(F)F. The topological polar surface area (TPSA) is 12.0 Å². The Morgan fingerprint density at radius 3 is 2.00 bits per heavy atom. The molecule has 1 aromatic carbocycles. The molecule has 1 nitrogen and oxygen atoms in total. The Balaban J connectivity index is 3.15. The van der Waals surface area contributed by atoms with Gasteiger partial charge in [-0.05, 0) is 19.2 Å². The van der Waals surface area contributed by atoms with Crippen LogP contribution in [0, 0.1) is 11.6 Å². The molecule has 0 bridgehead atoms. The minimum absolute atomic E-state index is 0.620. The number of benzene rings is 1. The molecule has 1 unspecified atom stereocenters. The molecule has 0 amide bonds. The summed E-state index contributed by atoms with van der Waals surface area (Å²) in [4.78, 5) is 0. The Morgan fingerprint density at radius 2 is 1.64 bits per heavy atom. The van der Waals surface area contributed by atoms with Gasteiger partial charge in [0.05, 0.1) is 6.04 Å². The molecular formula is C9H9F4N. The standard InChI is InChI=1S/C9H9F4N/c1-14-8(9(12)13)7-5(10)3-2-4-6(7)11/h2-4,8-9,14H,1H3. The van der Waals surface area contributed by atoms with Crippen LogP contribution in [0.25, 0.3) is 0 Å². The lowest BCUT2D eigenvalue weighted by atomic mass is 10.1. The van der Waals surface area contributed by atoms with Gasteiger partial charge in [0, 0.05) is 5.56 Å². The molecule has 0 heterocycles. The van der Waals surface area contributed by atoms with Crippen molar-refractivity contribution in [2.75, 3.05) is 7.05 Å². The zero-order chi connectivity index (χ0) is 10.7. The molecule has 0 aliphatic heterocycles. The van der Waals surface area contributed by atoms with Crippen LogP contribution in [-0.2, 0) is 0 Å². The third kappa shape index (κ3) is 2.04. The van der Waals surface area contributed by atoms with E-state index in [4.69, 9.17) is 0 Å². The fraction of sp³-hybridized carbons (Fsp3) is 0.333. The lowest BCUT2D eigenvalue weighted by Gasteiger charge is -2.16. The maximum atomic E-state index is 13.0. The van der Waals surface area contributed by atoms with Gasteiger partial charge in [-0.3, -0.25) is 0 Å². The first kappa shape index (κ1) is 11.0. The molecule has 5 heteroatoms. The van der Waals surface area contributed by atoms with Gasteiger partial charge in [0.1, 0.15) is 11.6 Å². The van der Waals surface area contributed by atoms with Gasteiger partial charge in [-0.15, -0.1) is 0 Å². The monoisotopic (exact) mass is 207 g/mol. The number of hydrogen-bond acceptors (Lipinski definition) is 1. The minimum Gasteiger partial charge on any atom is -0.308 e. The zero-order valence-corrected chi connectivity index (χ0v) is 7.40. The van der Waals surface area contributed by atoms with Gasteiger partial charge < -0.3 is 5.32 Å². The van der Waals surface area contributed by atoms with Gasteiger partial charge >= 0.3 is 0 Å². The fourth-order valence-electron chi connectivity index (χ4n) is 1.20. The first-order chi connectivity index (χ1) is 6.57. The highest BCUT2D eigenvalue weighted by Crippen LogP contribution is 2.25. The van der Waals surface area contributed by atoms with Crippen LogP contribution in [0.2, 0.25) is 0 Å². The highest BCUT2D eigenvalue weighted by Gasteiger charge is 2.26. The molecule has 0 spiro atoms. The summed E-state index contributed by atoms with van der Waals surface area (Å²) in [5, 5.41) is 2.17. The van der Waals surface area contributed by atoms with E-state index in [0.717, 1.165) is 18.2 Å². The number of halogens is 4. The third-order valence-corrected chi connectivity index (χ3v) is 1.87. The maximum Gasteiger partial charge on any atom is 0.258 e. The van der Waals surface area contributed by atoms with E-state index in [1.54, 1.807) is 0 Å². The maximum absolute atomic E-state index is 13.0. The van der Waals surface area contributed by atoms with E-state index in [1.807, 2.05) is 0 Å². The summed E-state index contributed by atoms with van der Waals surface area (Å²) in [6, 6.07) is 1.42. The third-order valence-electron chi connectivity index (χ3n) is 1.87. The molecule has 0 fully saturated rings. The van der Waals surface area contributed by atoms with E-state index in [-0.39, 0.29) is 0 Å². The van der Waals surface area contributed by atoms with E-state index in [1.165, 1.54) is 7.05 Å². The van der Waals surface area contributed by atoms with Gasteiger partial charge in [0.25, 0.3) is 6.43 Å². The predicted molar refractivity (Wildman–Crippen MR) is 44.2 cm³/mol. The van der Waals surface area contributed by atoms with Crippen molar-refractivity contribution < 1.29 is 17.6 Å². The molecule has 0 saturated carbocycles. The second kappa shape index (κ2) is 4.41. The Kier molecular flexibility index (Phi) is 3.46. The van der Waals surface area contributed by atoms with Crippen LogP contribution < -0.4 is 5.32 Å². The summed E-state index contributed by atoms with van der Waals surface area (Å²) in [6.45, 7) is 0. The van der Waals surface area contributed by atoms with Gasteiger partial charge in [-0.25, -0.2) is 17.6 Å². The molecule has 1 aromatic rings. The van der Waals surface area contributed by atoms with Crippen molar-refractivity contribution in [2.45, 2.75) is 12.5 Å². The van der Waals surface area contributed by atoms with Crippen molar-refractivity contribution in [1.29, 1.82) is 0 Å². The molecule has 0 aromatic heterocycles. The largest absolute Gasteiger partial charge is 0.308 e. The molecule has 0 radical (unpaired) electrons. The van der Waals surface area contributed by atoms with Gasteiger partial charge in [-0.2, -0.15) is 0 Å². The van der Waals surface area contributed by atoms with Crippen LogP contribution in [0.3, 0.4) is 0 Å². The number of rotatable bonds is 3. The molecule has 0 aliphatic rings. The minimum atomic E-state index is -2.86. The van der Waals surface area contributed by atoms with E-state index in [0.29, 0.717) is 0 Å². The highest BCUT2D eigenvalue weighted by molar-refractivity contribution is 5.23. The second-order valence-corrected chi connectivity index (χ2v) is 2.74. The van der Waals surface area contributed by atoms with E-state index in [2.05, 4.69) is 5.32 Å². The van der Waals surface area contributed by atoms with Crippen molar-refractivity contribution in [2.24, 2.45) is 0 Å². The van der Waals surface area contributed by atoms with Crippen LogP contribution in [-0.4, -0.2) is 13.5 Å². The highest BCUT2D eigenvalue weighted by atomic mass is 19.3. The summed E-state index contributed by atoms with van der Waals surface area (Å²) in [5.74, 6) is -1.94. The van der Waals surface area contributed by atoms with E-state index >= 15 is 0 Å². The van der Waals surface area contributed by atoms with Crippen LogP contribution >= 0.6 is 0 Å². The average molecular weight is 207 g/mol. The van der Waals surface area contributed by atoms with Crippen molar-refractivity contribution >= 4 is 0 Å². The quantitative estimate of drug-likeness (QED) is 0.751. The van der Waals surface area contributed by atoms with Gasteiger partial charge in [-0.1, -0.05) is 6.07 Å². The van der Waals surface area contributed by atoms with Crippen LogP contribution in [0.5, 0.6) is 0 Å². The normalized spacial score (nSPS) is 13.3. The Morgan fingerprint density at radius 1 is 1.14 bits per heavy atom. The van der Waals surface area contributed by atoms with E-state index < -0.39 is 29.7 Å². The van der Waals surface area contributed by atoms with Crippen LogP contribution in [0.15, 0.2) is 18.2 Å². The molecule has 78 valence electrons. The first-order valence-electron chi connectivity index (χ1n) is 3.97. The molecule has 0 saturated heterocycles. The smallest absolute Gasteiger partial charge is 0.258 e. The molecule has 1 atom stereocenters. The summed E-state index contributed by atoms with van der Waals surface area (Å²) >= 11 is 0. The fourth-order valence-corrected chi connectivity index (χ4v) is 1.20. The van der Waals surface area contributed by atoms with Crippen molar-refractivity contribution in [3.63, 3.8) is 0 Å². The van der Waals surface area contributed by atoms with E-state index in [9.17, 15) is 17.6 Å². The molecule has 0 aliphatic carbocycles. The van der Waals surface area contributed by atoms with Crippen LogP contribution in [0.1, 0.15) is 11.6 Å². The van der Waals surface area contributed by atoms with Gasteiger partial charge in [0.2, 0.25) is 0 Å². The summed E-state index contributed by atoms with van der Waals surface area (Å²) in [5.41, 5.74) is -0.620. The molecule has 1 rings (SSSR count). The lowest BCUT2D eigenvalue weighted by molar-refractivity contribution is 0.0986. The summed E-state index contributed by atoms with van der Waals surface area (Å²) in [6.07, 6.45) is -2.86. The Hall–Kier alpha value is -1.10. The Labute approximate surface area is 78.7 Å². The zero-order valence-electron chi connectivity index (χ0n) is 7.40. The molecule has 1 N–H and O–H groups in total. The average Bonchev–Trinajstić information content (AvgIpc) is 2.10. The number of nitrogens with one attached hydrogen (secondary N) is 1. The number of hydrogen-bond donors (Lipinski definition) is 1. The summed E-state index contributed by atoms with van der Waals surface area (Å²) < 4.78 is 50.8. The lowest BCUT2D eigenvalue weighted by Crippen LogP contribution is -2.25. The first-order valence-corrected chi connectivity index (χ1v) is 3.97. The second-order valence-electron chi connectivity index (χ2n) is 2.74. The number of alkyl halides is 2.